The molecule has 0 fully saturated rings. The molecular weight excluding hydrogens is 435 g/mol. The first-order valence-electron chi connectivity index (χ1n) is 9.78. The molecule has 0 saturated carbocycles. The summed E-state index contributed by atoms with van der Waals surface area (Å²) in [6, 6.07) is 19.7. The maximum absolute atomic E-state index is 12.2. The lowest BCUT2D eigenvalue weighted by Gasteiger charge is -2.07. The molecule has 3 aromatic carbocycles. The van der Waals surface area contributed by atoms with E-state index in [1.807, 2.05) is 37.3 Å². The van der Waals surface area contributed by atoms with E-state index in [4.69, 9.17) is 32.7 Å². The topological polar surface area (TPSA) is 59.9 Å². The molecule has 0 bridgehead atoms. The Balaban J connectivity index is 1.48. The van der Waals surface area contributed by atoms with E-state index in [9.17, 15) is 4.79 Å². The van der Waals surface area contributed by atoms with E-state index >= 15 is 0 Å². The van der Waals surface area contributed by atoms with Crippen molar-refractivity contribution < 1.29 is 14.3 Å². The van der Waals surface area contributed by atoms with Crippen LogP contribution >= 0.6 is 23.2 Å². The van der Waals surface area contributed by atoms with Gasteiger partial charge >= 0.3 is 0 Å². The molecular formula is C24H22Cl2N2O3. The number of halogens is 2. The number of hydrogen-bond donors (Lipinski definition) is 1. The first kappa shape index (κ1) is 22.7. The van der Waals surface area contributed by atoms with Gasteiger partial charge < -0.3 is 9.47 Å². The third kappa shape index (κ3) is 7.02. The number of ether oxygens (including phenoxy) is 2. The van der Waals surface area contributed by atoms with Gasteiger partial charge in [-0.15, -0.1) is 0 Å². The van der Waals surface area contributed by atoms with Crippen molar-refractivity contribution in [2.24, 2.45) is 5.10 Å². The van der Waals surface area contributed by atoms with Crippen LogP contribution in [0.5, 0.6) is 11.5 Å². The molecule has 0 radical (unpaired) electrons. The minimum Gasteiger partial charge on any atom is -0.494 e. The van der Waals surface area contributed by atoms with Crippen LogP contribution in [0.4, 0.5) is 0 Å². The normalized spacial score (nSPS) is 10.8. The lowest BCUT2D eigenvalue weighted by Crippen LogP contribution is -2.17. The van der Waals surface area contributed by atoms with Gasteiger partial charge in [0.25, 0.3) is 5.91 Å². The molecule has 0 heterocycles. The van der Waals surface area contributed by atoms with Crippen molar-refractivity contribution in [2.75, 3.05) is 6.61 Å². The third-order valence-corrected chi connectivity index (χ3v) is 4.98. The quantitative estimate of drug-likeness (QED) is 0.311. The van der Waals surface area contributed by atoms with Crippen molar-refractivity contribution >= 4 is 35.3 Å². The van der Waals surface area contributed by atoms with Gasteiger partial charge in [0.15, 0.2) is 0 Å². The summed E-state index contributed by atoms with van der Waals surface area (Å²) in [6.07, 6.45) is 2.50. The maximum Gasteiger partial charge on any atom is 0.271 e. The Kier molecular flexibility index (Phi) is 8.33. The molecule has 3 aromatic rings. The lowest BCUT2D eigenvalue weighted by molar-refractivity contribution is 0.0955. The number of rotatable bonds is 9. The summed E-state index contributed by atoms with van der Waals surface area (Å²) in [4.78, 5) is 12.2. The Bertz CT molecular complexity index is 1040. The van der Waals surface area contributed by atoms with Gasteiger partial charge in [-0.25, -0.2) is 5.43 Å². The van der Waals surface area contributed by atoms with E-state index in [-0.39, 0.29) is 5.91 Å². The molecule has 1 N–H and O–H groups in total. The highest BCUT2D eigenvalue weighted by atomic mass is 35.5. The van der Waals surface area contributed by atoms with Crippen molar-refractivity contribution in [3.63, 3.8) is 0 Å². The average molecular weight is 457 g/mol. The van der Waals surface area contributed by atoms with Gasteiger partial charge in [-0.3, -0.25) is 4.79 Å². The minimum absolute atomic E-state index is 0.292. The van der Waals surface area contributed by atoms with E-state index in [2.05, 4.69) is 10.5 Å². The third-order valence-electron chi connectivity index (χ3n) is 4.24. The zero-order valence-corrected chi connectivity index (χ0v) is 18.5. The number of nitrogens with zero attached hydrogens (tertiary/aromatic N) is 1. The Hall–Kier alpha value is -3.02. The minimum atomic E-state index is -0.292. The van der Waals surface area contributed by atoms with Crippen molar-refractivity contribution in [1.29, 1.82) is 0 Å². The van der Waals surface area contributed by atoms with Crippen LogP contribution in [-0.4, -0.2) is 18.7 Å². The standard InChI is InChI=1S/C24H22Cl2N2O3/c1-2-13-30-20-10-6-19(7-11-20)24(29)28-27-15-17-3-8-21(9-4-17)31-16-18-5-12-22(25)23(26)14-18/h3-12,14-15H,2,13,16H2,1H3,(H,28,29)/b27-15-. The van der Waals surface area contributed by atoms with Crippen LogP contribution in [0.2, 0.25) is 10.0 Å². The number of nitrogens with one attached hydrogen (secondary N) is 1. The fraction of sp³-hybridized carbons (Fsp3) is 0.167. The van der Waals surface area contributed by atoms with Crippen LogP contribution in [-0.2, 0) is 6.61 Å². The van der Waals surface area contributed by atoms with Crippen LogP contribution < -0.4 is 14.9 Å². The van der Waals surface area contributed by atoms with Crippen LogP contribution in [0.1, 0.15) is 34.8 Å². The van der Waals surface area contributed by atoms with Gasteiger partial charge in [0.2, 0.25) is 0 Å². The van der Waals surface area contributed by atoms with Gasteiger partial charge in [0.05, 0.1) is 22.9 Å². The van der Waals surface area contributed by atoms with Crippen molar-refractivity contribution in [3.05, 3.63) is 93.5 Å². The predicted molar refractivity (Wildman–Crippen MR) is 125 cm³/mol. The number of hydrazone groups is 1. The molecule has 0 unspecified atom stereocenters. The summed E-state index contributed by atoms with van der Waals surface area (Å²) < 4.78 is 11.3. The first-order valence-corrected chi connectivity index (χ1v) is 10.5. The summed E-state index contributed by atoms with van der Waals surface area (Å²) in [5.41, 5.74) is 4.77. The zero-order chi connectivity index (χ0) is 22.1. The van der Waals surface area contributed by atoms with E-state index in [0.717, 1.165) is 23.3 Å². The van der Waals surface area contributed by atoms with Gasteiger partial charge in [0, 0.05) is 5.56 Å². The van der Waals surface area contributed by atoms with Crippen molar-refractivity contribution in [2.45, 2.75) is 20.0 Å². The fourth-order valence-corrected chi connectivity index (χ4v) is 2.92. The number of amides is 1. The van der Waals surface area contributed by atoms with Gasteiger partial charge in [-0.05, 0) is 78.2 Å². The Morgan fingerprint density at radius 3 is 2.29 bits per heavy atom. The lowest BCUT2D eigenvalue weighted by atomic mass is 10.2. The highest BCUT2D eigenvalue weighted by Crippen LogP contribution is 2.23. The second-order valence-electron chi connectivity index (χ2n) is 6.68. The number of benzene rings is 3. The summed E-state index contributed by atoms with van der Waals surface area (Å²) in [5.74, 6) is 1.15. The molecule has 0 aliphatic heterocycles. The Morgan fingerprint density at radius 1 is 0.935 bits per heavy atom. The highest BCUT2D eigenvalue weighted by Gasteiger charge is 2.04. The molecule has 5 nitrogen and oxygen atoms in total. The summed E-state index contributed by atoms with van der Waals surface area (Å²) >= 11 is 11.9. The molecule has 0 spiro atoms. The van der Waals surface area contributed by atoms with Crippen LogP contribution in [0, 0.1) is 0 Å². The molecule has 7 heteroatoms. The van der Waals surface area contributed by atoms with E-state index in [0.29, 0.717) is 34.6 Å². The monoisotopic (exact) mass is 456 g/mol. The summed E-state index contributed by atoms with van der Waals surface area (Å²) in [5, 5.41) is 5.02. The molecule has 0 aliphatic rings. The Labute approximate surface area is 191 Å². The van der Waals surface area contributed by atoms with Crippen LogP contribution in [0.3, 0.4) is 0 Å². The predicted octanol–water partition coefficient (Wildman–Crippen LogP) is 6.13. The molecule has 0 aliphatic carbocycles. The smallest absolute Gasteiger partial charge is 0.271 e. The zero-order valence-electron chi connectivity index (χ0n) is 17.0. The largest absolute Gasteiger partial charge is 0.494 e. The summed E-state index contributed by atoms with van der Waals surface area (Å²) in [6.45, 7) is 3.07. The SMILES string of the molecule is CCCOc1ccc(C(=O)N/N=C\c2ccc(OCc3ccc(Cl)c(Cl)c3)cc2)cc1. The molecule has 0 atom stereocenters. The van der Waals surface area contributed by atoms with Gasteiger partial charge in [0.1, 0.15) is 18.1 Å². The fourth-order valence-electron chi connectivity index (χ4n) is 2.60. The molecule has 3 rings (SSSR count). The molecule has 160 valence electrons. The number of carbonyl (C=O) groups is 1. The van der Waals surface area contributed by atoms with Gasteiger partial charge in [-0.1, -0.05) is 36.2 Å². The molecule has 31 heavy (non-hydrogen) atoms. The number of hydrogen-bond acceptors (Lipinski definition) is 4. The Morgan fingerprint density at radius 2 is 1.61 bits per heavy atom. The first-order chi connectivity index (χ1) is 15.0. The summed E-state index contributed by atoms with van der Waals surface area (Å²) in [7, 11) is 0. The highest BCUT2D eigenvalue weighted by molar-refractivity contribution is 6.42. The molecule has 1 amide bonds. The van der Waals surface area contributed by atoms with Crippen LogP contribution in [0.25, 0.3) is 0 Å². The van der Waals surface area contributed by atoms with Gasteiger partial charge in [-0.2, -0.15) is 5.10 Å². The molecule has 0 saturated heterocycles. The van der Waals surface area contributed by atoms with E-state index < -0.39 is 0 Å². The molecule has 0 aromatic heterocycles. The van der Waals surface area contributed by atoms with E-state index in [1.165, 1.54) is 0 Å². The second kappa shape index (κ2) is 11.4. The van der Waals surface area contributed by atoms with Crippen LogP contribution in [0.15, 0.2) is 71.8 Å². The van der Waals surface area contributed by atoms with Crippen molar-refractivity contribution in [1.82, 2.24) is 5.43 Å². The average Bonchev–Trinajstić information content (AvgIpc) is 2.79. The van der Waals surface area contributed by atoms with Crippen molar-refractivity contribution in [3.8, 4) is 11.5 Å². The second-order valence-corrected chi connectivity index (χ2v) is 7.49. The number of carbonyl (C=O) groups excluding carboxylic acids is 1. The maximum atomic E-state index is 12.2. The van der Waals surface area contributed by atoms with E-state index in [1.54, 1.807) is 42.6 Å².